The highest BCUT2D eigenvalue weighted by Gasteiger charge is 2.15. The molecule has 2 aromatic carbocycles. The van der Waals surface area contributed by atoms with Gasteiger partial charge in [-0.3, -0.25) is 11.3 Å². The van der Waals surface area contributed by atoms with Crippen LogP contribution in [-0.4, -0.2) is 0 Å². The van der Waals surface area contributed by atoms with Gasteiger partial charge in [-0.1, -0.05) is 41.4 Å². The Morgan fingerprint density at radius 2 is 1.89 bits per heavy atom. The number of nitrogens with one attached hydrogen (secondary N) is 1. The molecule has 0 aromatic heterocycles. The molecular formula is C15H16ClFN2. The first kappa shape index (κ1) is 14.0. The lowest BCUT2D eigenvalue weighted by Crippen LogP contribution is -2.30. The van der Waals surface area contributed by atoms with Gasteiger partial charge in [0.05, 0.1) is 6.04 Å². The molecule has 0 saturated carbocycles. The summed E-state index contributed by atoms with van der Waals surface area (Å²) >= 11 is 5.84. The van der Waals surface area contributed by atoms with E-state index in [2.05, 4.69) is 5.43 Å². The first-order valence-electron chi connectivity index (χ1n) is 6.07. The molecule has 2 rings (SSSR count). The molecule has 0 radical (unpaired) electrons. The summed E-state index contributed by atoms with van der Waals surface area (Å²) in [5.74, 6) is 5.31. The predicted molar refractivity (Wildman–Crippen MR) is 76.4 cm³/mol. The van der Waals surface area contributed by atoms with Crippen LogP contribution in [0.15, 0.2) is 42.5 Å². The Bertz CT molecular complexity index is 555. The van der Waals surface area contributed by atoms with E-state index >= 15 is 0 Å². The molecule has 0 aliphatic heterocycles. The Morgan fingerprint density at radius 3 is 2.53 bits per heavy atom. The number of hydrogen-bond acceptors (Lipinski definition) is 2. The number of benzene rings is 2. The van der Waals surface area contributed by atoms with Crippen LogP contribution in [0.4, 0.5) is 4.39 Å². The van der Waals surface area contributed by atoms with Gasteiger partial charge in [0.1, 0.15) is 5.82 Å². The molecule has 0 bridgehead atoms. The zero-order valence-electron chi connectivity index (χ0n) is 10.7. The fourth-order valence-corrected chi connectivity index (χ4v) is 2.17. The van der Waals surface area contributed by atoms with Crippen LogP contribution in [0.25, 0.3) is 0 Å². The van der Waals surface area contributed by atoms with Crippen LogP contribution in [0.3, 0.4) is 0 Å². The quantitative estimate of drug-likeness (QED) is 0.663. The van der Waals surface area contributed by atoms with Crippen molar-refractivity contribution in [2.24, 2.45) is 5.84 Å². The van der Waals surface area contributed by atoms with E-state index in [4.69, 9.17) is 17.4 Å². The Kier molecular flexibility index (Phi) is 4.53. The van der Waals surface area contributed by atoms with Crippen molar-refractivity contribution in [1.29, 1.82) is 0 Å². The third-order valence-electron chi connectivity index (χ3n) is 3.08. The highest BCUT2D eigenvalue weighted by atomic mass is 35.5. The lowest BCUT2D eigenvalue weighted by molar-refractivity contribution is 0.510. The number of rotatable bonds is 4. The van der Waals surface area contributed by atoms with Gasteiger partial charge in [0.2, 0.25) is 0 Å². The van der Waals surface area contributed by atoms with Gasteiger partial charge in [-0.15, -0.1) is 0 Å². The number of halogens is 2. The minimum Gasteiger partial charge on any atom is -0.271 e. The SMILES string of the molecule is Cc1ccc(F)c(C(Cc2ccc(Cl)cc2)NN)c1. The highest BCUT2D eigenvalue weighted by molar-refractivity contribution is 6.30. The van der Waals surface area contributed by atoms with Crippen molar-refractivity contribution in [1.82, 2.24) is 5.43 Å². The summed E-state index contributed by atoms with van der Waals surface area (Å²) in [5.41, 5.74) is 5.31. The van der Waals surface area contributed by atoms with Gasteiger partial charge >= 0.3 is 0 Å². The zero-order valence-corrected chi connectivity index (χ0v) is 11.4. The topological polar surface area (TPSA) is 38.0 Å². The van der Waals surface area contributed by atoms with Crippen LogP contribution >= 0.6 is 11.6 Å². The van der Waals surface area contributed by atoms with Crippen LogP contribution in [0.5, 0.6) is 0 Å². The van der Waals surface area contributed by atoms with Crippen LogP contribution in [-0.2, 0) is 6.42 Å². The largest absolute Gasteiger partial charge is 0.271 e. The average Bonchev–Trinajstić information content (AvgIpc) is 2.41. The van der Waals surface area contributed by atoms with E-state index in [0.29, 0.717) is 17.0 Å². The Balaban J connectivity index is 2.24. The number of nitrogens with two attached hydrogens (primary N) is 1. The van der Waals surface area contributed by atoms with Crippen molar-refractivity contribution in [3.63, 3.8) is 0 Å². The van der Waals surface area contributed by atoms with Crippen molar-refractivity contribution in [2.75, 3.05) is 0 Å². The second kappa shape index (κ2) is 6.15. The van der Waals surface area contributed by atoms with Gasteiger partial charge in [0.25, 0.3) is 0 Å². The van der Waals surface area contributed by atoms with Crippen molar-refractivity contribution in [3.05, 3.63) is 70.0 Å². The zero-order chi connectivity index (χ0) is 13.8. The summed E-state index contributed by atoms with van der Waals surface area (Å²) in [6.45, 7) is 1.93. The van der Waals surface area contributed by atoms with Crippen molar-refractivity contribution in [3.8, 4) is 0 Å². The van der Waals surface area contributed by atoms with Crippen molar-refractivity contribution < 1.29 is 4.39 Å². The van der Waals surface area contributed by atoms with E-state index in [-0.39, 0.29) is 11.9 Å². The third-order valence-corrected chi connectivity index (χ3v) is 3.33. The molecule has 100 valence electrons. The first-order chi connectivity index (χ1) is 9.10. The number of hydrogen-bond donors (Lipinski definition) is 2. The minimum absolute atomic E-state index is 0.248. The Labute approximate surface area is 117 Å². The van der Waals surface area contributed by atoms with Gasteiger partial charge in [-0.2, -0.15) is 0 Å². The van der Waals surface area contributed by atoms with E-state index < -0.39 is 0 Å². The Morgan fingerprint density at radius 1 is 1.21 bits per heavy atom. The smallest absolute Gasteiger partial charge is 0.128 e. The number of hydrazine groups is 1. The average molecular weight is 279 g/mol. The van der Waals surface area contributed by atoms with Crippen LogP contribution in [0.2, 0.25) is 5.02 Å². The van der Waals surface area contributed by atoms with Gasteiger partial charge in [0, 0.05) is 10.6 Å². The molecule has 0 aliphatic rings. The molecule has 0 fully saturated rings. The maximum absolute atomic E-state index is 13.9. The van der Waals surface area contributed by atoms with Gasteiger partial charge in [-0.25, -0.2) is 4.39 Å². The normalized spacial score (nSPS) is 12.4. The summed E-state index contributed by atoms with van der Waals surface area (Å²) in [7, 11) is 0. The molecule has 0 amide bonds. The van der Waals surface area contributed by atoms with Gasteiger partial charge in [-0.05, 0) is 37.1 Å². The molecule has 0 spiro atoms. The summed E-state index contributed by atoms with van der Waals surface area (Å²) in [4.78, 5) is 0. The maximum Gasteiger partial charge on any atom is 0.128 e. The standard InChI is InChI=1S/C15H16ClFN2/c1-10-2-7-14(17)13(8-10)15(19-18)9-11-3-5-12(16)6-4-11/h2-8,15,19H,9,18H2,1H3. The summed E-state index contributed by atoms with van der Waals surface area (Å²) < 4.78 is 13.9. The van der Waals surface area contributed by atoms with E-state index in [1.54, 1.807) is 6.07 Å². The molecular weight excluding hydrogens is 263 g/mol. The molecule has 0 heterocycles. The summed E-state index contributed by atoms with van der Waals surface area (Å²) in [6.07, 6.45) is 0.605. The maximum atomic E-state index is 13.9. The molecule has 2 aromatic rings. The monoisotopic (exact) mass is 278 g/mol. The number of aryl methyl sites for hydroxylation is 1. The van der Waals surface area contributed by atoms with Gasteiger partial charge in [0.15, 0.2) is 0 Å². The third kappa shape index (κ3) is 3.53. The van der Waals surface area contributed by atoms with E-state index in [1.807, 2.05) is 37.3 Å². The van der Waals surface area contributed by atoms with Crippen molar-refractivity contribution in [2.45, 2.75) is 19.4 Å². The van der Waals surface area contributed by atoms with Crippen molar-refractivity contribution >= 4 is 11.6 Å². The fraction of sp³-hybridized carbons (Fsp3) is 0.200. The molecule has 0 aliphatic carbocycles. The molecule has 3 N–H and O–H groups in total. The van der Waals surface area contributed by atoms with E-state index in [0.717, 1.165) is 11.1 Å². The second-order valence-electron chi connectivity index (χ2n) is 4.57. The van der Waals surface area contributed by atoms with Crippen LogP contribution in [0.1, 0.15) is 22.7 Å². The lowest BCUT2D eigenvalue weighted by atomic mass is 9.97. The van der Waals surface area contributed by atoms with E-state index in [1.165, 1.54) is 6.07 Å². The summed E-state index contributed by atoms with van der Waals surface area (Å²) in [5, 5.41) is 0.683. The highest BCUT2D eigenvalue weighted by Crippen LogP contribution is 2.22. The molecule has 2 nitrogen and oxygen atoms in total. The first-order valence-corrected chi connectivity index (χ1v) is 6.44. The fourth-order valence-electron chi connectivity index (χ4n) is 2.05. The molecule has 1 unspecified atom stereocenters. The van der Waals surface area contributed by atoms with E-state index in [9.17, 15) is 4.39 Å². The van der Waals surface area contributed by atoms with Crippen LogP contribution < -0.4 is 11.3 Å². The Hall–Kier alpha value is -1.42. The minimum atomic E-state index is -0.263. The van der Waals surface area contributed by atoms with Crippen LogP contribution in [0, 0.1) is 12.7 Å². The van der Waals surface area contributed by atoms with Gasteiger partial charge < -0.3 is 0 Å². The summed E-state index contributed by atoms with van der Waals surface area (Å²) in [6, 6.07) is 12.2. The molecule has 1 atom stereocenters. The molecule has 4 heteroatoms. The second-order valence-corrected chi connectivity index (χ2v) is 5.01. The lowest BCUT2D eigenvalue weighted by Gasteiger charge is -2.18. The molecule has 19 heavy (non-hydrogen) atoms. The predicted octanol–water partition coefficient (Wildman–Crippen LogP) is 3.53. The molecule has 0 saturated heterocycles.